The zero-order valence-electron chi connectivity index (χ0n) is 74.2. The lowest BCUT2D eigenvalue weighted by Gasteiger charge is -2.10. The van der Waals surface area contributed by atoms with Crippen molar-refractivity contribution in [3.05, 3.63) is 446 Å². The van der Waals surface area contributed by atoms with Crippen LogP contribution in [0.3, 0.4) is 0 Å². The molecule has 0 atom stereocenters. The second kappa shape index (κ2) is 53.0. The lowest BCUT2D eigenvalue weighted by molar-refractivity contribution is 0.305. The lowest BCUT2D eigenvalue weighted by Crippen LogP contribution is -1.97. The summed E-state index contributed by atoms with van der Waals surface area (Å²) in [6, 6.07) is 118. The minimum absolute atomic E-state index is 0.222. The number of ether oxygens (including phenoxy) is 8. The standard InChI is InChI=1S/C17H20O2.2C16H17ClO.C16H17FO.2C16H18O.C15H16O/c1-13(2)15-5-4-6-17(11-15)19-12-14-7-9-16(18-3)10-8-14;1-12(2)14-6-4-8-16(10-14)18-11-13-5-3-7-15(17)9-13;1-12(2)13-7-5-8-15(10-13)18-11-14-6-3-4-9-16(14)17;1-12(2)14-4-3-5-16(10-14)18-11-13-6-8-15(17)9-7-13;1-13(2)15-9-6-10-16(11-15)17-12-14-7-4-3-5-8-14;1-13(2)15-8-10-16(11-9-15)17-12-14-6-4-3-5-7-14;1-12(2)13-7-6-10-15(11-13)16-14-8-4-3-5-9-14/h4-11,13H,12H2,1-3H3;3*3-10,12H,11H2,1-2H3;2*3-11,13H,12H2,1-2H3;3-12H,1-2H3. The molecule has 0 amide bonds. The van der Waals surface area contributed by atoms with Gasteiger partial charge in [0, 0.05) is 15.6 Å². The molecule has 14 rings (SSSR count). The van der Waals surface area contributed by atoms with Crippen molar-refractivity contribution in [3.8, 4) is 51.7 Å². The van der Waals surface area contributed by atoms with E-state index in [9.17, 15) is 4.39 Å². The third-order valence-corrected chi connectivity index (χ3v) is 20.3. The van der Waals surface area contributed by atoms with Gasteiger partial charge in [-0.1, -0.05) is 339 Å². The maximum atomic E-state index is 12.8. The molecule has 0 bridgehead atoms. The number of hydrogen-bond donors (Lipinski definition) is 0. The quantitative estimate of drug-likeness (QED) is 0.0480. The highest BCUT2D eigenvalue weighted by molar-refractivity contribution is 6.31. The highest BCUT2D eigenvalue weighted by Crippen LogP contribution is 2.30. The van der Waals surface area contributed by atoms with Crippen LogP contribution in [0, 0.1) is 5.82 Å². The van der Waals surface area contributed by atoms with E-state index in [0.29, 0.717) is 81.1 Å². The van der Waals surface area contributed by atoms with Crippen LogP contribution in [0.2, 0.25) is 10.0 Å². The number of benzene rings is 14. The van der Waals surface area contributed by atoms with Crippen molar-refractivity contribution >= 4 is 23.2 Å². The smallest absolute Gasteiger partial charge is 0.127 e. The van der Waals surface area contributed by atoms with Gasteiger partial charge in [-0.25, -0.2) is 4.39 Å². The Kier molecular flexibility index (Phi) is 41.6. The molecule has 14 aromatic carbocycles. The topological polar surface area (TPSA) is 73.8 Å². The van der Waals surface area contributed by atoms with Gasteiger partial charge in [0.2, 0.25) is 0 Å². The molecular formula is C112H123Cl2FO8. The monoisotopic (exact) mass is 1680 g/mol. The van der Waals surface area contributed by atoms with Gasteiger partial charge in [0.05, 0.1) is 7.11 Å². The summed E-state index contributed by atoms with van der Waals surface area (Å²) in [5.41, 5.74) is 15.7. The molecule has 640 valence electrons. The molecule has 0 fully saturated rings. The number of halogens is 3. The molecule has 0 radical (unpaired) electrons. The Morgan fingerprint density at radius 3 is 0.854 bits per heavy atom. The highest BCUT2D eigenvalue weighted by atomic mass is 35.5. The first-order valence-electron chi connectivity index (χ1n) is 42.5. The Balaban J connectivity index is 0.000000178. The molecule has 123 heavy (non-hydrogen) atoms. The molecule has 0 saturated carbocycles. The molecular weight excluding hydrogens is 1560 g/mol. The van der Waals surface area contributed by atoms with E-state index in [4.69, 9.17) is 61.1 Å². The first-order chi connectivity index (χ1) is 59.4. The first-order valence-corrected chi connectivity index (χ1v) is 43.3. The minimum atomic E-state index is -0.222. The fourth-order valence-corrected chi connectivity index (χ4v) is 12.4. The van der Waals surface area contributed by atoms with E-state index in [1.54, 1.807) is 19.2 Å². The molecule has 0 N–H and O–H groups in total. The van der Waals surface area contributed by atoms with Gasteiger partial charge >= 0.3 is 0 Å². The molecule has 0 aromatic heterocycles. The SMILES string of the molecule is CC(C)c1ccc(OCc2ccccc2)cc1.CC(C)c1cccc(OCc2ccc(F)cc2)c1.CC(C)c1cccc(OCc2cccc(Cl)c2)c1.CC(C)c1cccc(OCc2ccccc2)c1.CC(C)c1cccc(OCc2ccccc2Cl)c1.CC(C)c1cccc(Oc2ccccc2)c1.COc1ccc(COc2cccc(C(C)C)c2)cc1. The Morgan fingerprint density at radius 2 is 0.496 bits per heavy atom. The van der Waals surface area contributed by atoms with Crippen molar-refractivity contribution < 1.29 is 42.3 Å². The van der Waals surface area contributed by atoms with E-state index >= 15 is 0 Å². The molecule has 11 heteroatoms. The van der Waals surface area contributed by atoms with E-state index in [-0.39, 0.29) is 5.82 Å². The van der Waals surface area contributed by atoms with Crippen molar-refractivity contribution in [1.29, 1.82) is 0 Å². The molecule has 14 aromatic rings. The van der Waals surface area contributed by atoms with Gasteiger partial charge in [-0.15, -0.1) is 0 Å². The average Bonchev–Trinajstić information content (AvgIpc) is 0.894. The number of hydrogen-bond acceptors (Lipinski definition) is 8. The molecule has 0 aliphatic carbocycles. The van der Waals surface area contributed by atoms with Crippen LogP contribution in [-0.2, 0) is 39.6 Å². The van der Waals surface area contributed by atoms with E-state index in [1.807, 2.05) is 224 Å². The van der Waals surface area contributed by atoms with Crippen LogP contribution >= 0.6 is 23.2 Å². The molecule has 0 heterocycles. The second-order valence-corrected chi connectivity index (χ2v) is 32.7. The Morgan fingerprint density at radius 1 is 0.220 bits per heavy atom. The van der Waals surface area contributed by atoms with Gasteiger partial charge < -0.3 is 37.9 Å². The summed E-state index contributed by atoms with van der Waals surface area (Å²) in [5, 5.41) is 1.49. The van der Waals surface area contributed by atoms with E-state index in [1.165, 1.54) is 62.2 Å². The average molecular weight is 1690 g/mol. The van der Waals surface area contributed by atoms with E-state index in [2.05, 4.69) is 206 Å². The number of para-hydroxylation sites is 1. The fourth-order valence-electron chi connectivity index (χ4n) is 12.0. The Bertz CT molecular complexity index is 5270. The van der Waals surface area contributed by atoms with Crippen molar-refractivity contribution in [2.75, 3.05) is 7.11 Å². The molecule has 0 saturated heterocycles. The normalized spacial score (nSPS) is 10.6. The van der Waals surface area contributed by atoms with Crippen molar-refractivity contribution in [2.24, 2.45) is 0 Å². The van der Waals surface area contributed by atoms with Gasteiger partial charge in [0.1, 0.15) is 97.2 Å². The van der Waals surface area contributed by atoms with Gasteiger partial charge in [-0.05, 0) is 248 Å². The van der Waals surface area contributed by atoms with Gasteiger partial charge in [0.25, 0.3) is 0 Å². The highest BCUT2D eigenvalue weighted by Gasteiger charge is 2.10. The number of rotatable bonds is 28. The minimum Gasteiger partial charge on any atom is -0.497 e. The molecule has 0 aliphatic heterocycles. The van der Waals surface area contributed by atoms with Gasteiger partial charge in [0.15, 0.2) is 0 Å². The molecule has 0 spiro atoms. The van der Waals surface area contributed by atoms with Gasteiger partial charge in [-0.2, -0.15) is 0 Å². The van der Waals surface area contributed by atoms with Crippen molar-refractivity contribution in [1.82, 2.24) is 0 Å². The van der Waals surface area contributed by atoms with Crippen LogP contribution < -0.4 is 37.9 Å². The van der Waals surface area contributed by atoms with E-state index in [0.717, 1.165) is 84.0 Å². The summed E-state index contributed by atoms with van der Waals surface area (Å²) < 4.78 is 58.2. The summed E-state index contributed by atoms with van der Waals surface area (Å²) in [6.45, 7) is 33.8. The van der Waals surface area contributed by atoms with Gasteiger partial charge in [-0.3, -0.25) is 0 Å². The molecule has 8 nitrogen and oxygen atoms in total. The maximum absolute atomic E-state index is 12.8. The largest absolute Gasteiger partial charge is 0.497 e. The van der Waals surface area contributed by atoms with Crippen molar-refractivity contribution in [3.63, 3.8) is 0 Å². The van der Waals surface area contributed by atoms with Crippen LogP contribution in [0.25, 0.3) is 0 Å². The zero-order valence-corrected chi connectivity index (χ0v) is 75.8. The molecule has 0 aliphatic rings. The Hall–Kier alpha value is -12.0. The zero-order chi connectivity index (χ0) is 88.1. The number of methoxy groups -OCH3 is 1. The fraction of sp³-hybridized carbons (Fsp3) is 0.250. The third-order valence-electron chi connectivity index (χ3n) is 19.7. The molecule has 0 unspecified atom stereocenters. The van der Waals surface area contributed by atoms with E-state index < -0.39 is 0 Å². The summed E-state index contributed by atoms with van der Waals surface area (Å²) in [7, 11) is 1.67. The third kappa shape index (κ3) is 36.7. The summed E-state index contributed by atoms with van der Waals surface area (Å²) in [5.74, 6) is 11.5. The summed E-state index contributed by atoms with van der Waals surface area (Å²) in [4.78, 5) is 0. The maximum Gasteiger partial charge on any atom is 0.127 e. The van der Waals surface area contributed by atoms with Crippen LogP contribution in [0.1, 0.15) is 211 Å². The van der Waals surface area contributed by atoms with Crippen LogP contribution in [-0.4, -0.2) is 7.11 Å². The Labute approximate surface area is 743 Å². The summed E-state index contributed by atoms with van der Waals surface area (Å²) >= 11 is 12.0. The summed E-state index contributed by atoms with van der Waals surface area (Å²) in [6.07, 6.45) is 0. The van der Waals surface area contributed by atoms with Crippen LogP contribution in [0.5, 0.6) is 51.7 Å². The predicted molar refractivity (Wildman–Crippen MR) is 511 cm³/mol. The van der Waals surface area contributed by atoms with Crippen LogP contribution in [0.4, 0.5) is 4.39 Å². The predicted octanol–water partition coefficient (Wildman–Crippen LogP) is 32.4. The lowest BCUT2D eigenvalue weighted by atomic mass is 10.0. The first kappa shape index (κ1) is 96.4. The van der Waals surface area contributed by atoms with Crippen molar-refractivity contribution in [2.45, 2.75) is 178 Å². The van der Waals surface area contributed by atoms with Crippen LogP contribution in [0.15, 0.2) is 358 Å². The second-order valence-electron chi connectivity index (χ2n) is 31.9.